The lowest BCUT2D eigenvalue weighted by molar-refractivity contribution is 0.212. The van der Waals surface area contributed by atoms with Crippen molar-refractivity contribution in [3.8, 4) is 11.8 Å². The lowest BCUT2D eigenvalue weighted by Crippen LogP contribution is -2.12. The Morgan fingerprint density at radius 1 is 1.39 bits per heavy atom. The molecule has 1 aromatic carbocycles. The molecule has 0 aliphatic heterocycles. The van der Waals surface area contributed by atoms with Crippen molar-refractivity contribution < 1.29 is 4.84 Å². The molecule has 2 aromatic rings. The van der Waals surface area contributed by atoms with Gasteiger partial charge in [0.25, 0.3) is 0 Å². The Morgan fingerprint density at radius 2 is 2.22 bits per heavy atom. The molecule has 0 saturated heterocycles. The predicted molar refractivity (Wildman–Crippen MR) is 91.8 cm³/mol. The van der Waals surface area contributed by atoms with E-state index < -0.39 is 0 Å². The second-order valence-corrected chi connectivity index (χ2v) is 6.04. The van der Waals surface area contributed by atoms with Gasteiger partial charge in [0.1, 0.15) is 12.8 Å². The average Bonchev–Trinajstić information content (AvgIpc) is 3.23. The number of hydrogen-bond acceptors (Lipinski definition) is 3. The molecule has 4 nitrogen and oxygen atoms in total. The smallest absolute Gasteiger partial charge is 0.108 e. The van der Waals surface area contributed by atoms with Crippen molar-refractivity contribution in [2.24, 2.45) is 11.1 Å². The summed E-state index contributed by atoms with van der Waals surface area (Å²) in [6, 6.07) is 3.75. The molecule has 0 unspecified atom stereocenters. The highest BCUT2D eigenvalue weighted by Gasteiger charge is 2.19. The highest BCUT2D eigenvalue weighted by molar-refractivity contribution is 6.44. The lowest BCUT2D eigenvalue weighted by Gasteiger charge is -2.11. The van der Waals surface area contributed by atoms with Gasteiger partial charge < -0.3 is 9.40 Å². The molecule has 1 aliphatic carbocycles. The van der Waals surface area contributed by atoms with Crippen LogP contribution in [0.4, 0.5) is 0 Å². The maximum absolute atomic E-state index is 6.44. The molecule has 118 valence electrons. The van der Waals surface area contributed by atoms with Crippen LogP contribution in [-0.2, 0) is 11.4 Å². The molecule has 1 aliphatic rings. The molecular weight excluding hydrogens is 333 g/mol. The van der Waals surface area contributed by atoms with E-state index in [2.05, 4.69) is 22.0 Å². The third-order valence-electron chi connectivity index (χ3n) is 3.47. The first-order valence-corrected chi connectivity index (χ1v) is 8.00. The van der Waals surface area contributed by atoms with E-state index >= 15 is 0 Å². The summed E-state index contributed by atoms with van der Waals surface area (Å²) in [4.78, 5) is 8.96. The number of rotatable bonds is 4. The molecule has 1 saturated carbocycles. The molecule has 1 fully saturated rings. The van der Waals surface area contributed by atoms with Crippen molar-refractivity contribution in [2.75, 3.05) is 7.11 Å². The van der Waals surface area contributed by atoms with Crippen LogP contribution in [0.5, 0.6) is 0 Å². The Labute approximate surface area is 145 Å². The van der Waals surface area contributed by atoms with E-state index in [1.54, 1.807) is 12.5 Å². The van der Waals surface area contributed by atoms with Crippen LogP contribution in [0, 0.1) is 17.8 Å². The minimum absolute atomic E-state index is 0.435. The summed E-state index contributed by atoms with van der Waals surface area (Å²) in [5.41, 5.74) is 2.13. The summed E-state index contributed by atoms with van der Waals surface area (Å²) in [5.74, 6) is 6.81. The lowest BCUT2D eigenvalue weighted by atomic mass is 10.1. The zero-order chi connectivity index (χ0) is 16.2. The van der Waals surface area contributed by atoms with Gasteiger partial charge in [-0.15, -0.1) is 0 Å². The van der Waals surface area contributed by atoms with Gasteiger partial charge in [0.2, 0.25) is 0 Å². The zero-order valence-corrected chi connectivity index (χ0v) is 14.1. The van der Waals surface area contributed by atoms with Crippen LogP contribution in [0.15, 0.2) is 36.0 Å². The second-order valence-electron chi connectivity index (χ2n) is 5.29. The number of imidazole rings is 1. The largest absolute Gasteiger partial charge is 0.399 e. The van der Waals surface area contributed by atoms with Crippen molar-refractivity contribution >= 4 is 28.9 Å². The van der Waals surface area contributed by atoms with Gasteiger partial charge in [-0.25, -0.2) is 4.98 Å². The summed E-state index contributed by atoms with van der Waals surface area (Å²) in [6.07, 6.45) is 7.60. The molecule has 1 heterocycles. The van der Waals surface area contributed by atoms with Gasteiger partial charge in [0.05, 0.1) is 22.9 Å². The Hall–Kier alpha value is -1.96. The van der Waals surface area contributed by atoms with Crippen molar-refractivity contribution in [2.45, 2.75) is 19.4 Å². The third-order valence-corrected chi connectivity index (χ3v) is 4.36. The van der Waals surface area contributed by atoms with Gasteiger partial charge in [-0.05, 0) is 18.9 Å². The van der Waals surface area contributed by atoms with Crippen molar-refractivity contribution in [1.29, 1.82) is 0 Å². The first-order valence-electron chi connectivity index (χ1n) is 7.24. The van der Waals surface area contributed by atoms with E-state index in [0.29, 0.717) is 28.2 Å². The van der Waals surface area contributed by atoms with Crippen molar-refractivity contribution in [3.05, 3.63) is 52.0 Å². The zero-order valence-electron chi connectivity index (χ0n) is 12.6. The molecule has 0 N–H and O–H groups in total. The van der Waals surface area contributed by atoms with Crippen LogP contribution in [-0.4, -0.2) is 22.4 Å². The van der Waals surface area contributed by atoms with E-state index in [9.17, 15) is 0 Å². The fourth-order valence-corrected chi connectivity index (χ4v) is 2.59. The summed E-state index contributed by atoms with van der Waals surface area (Å²) in [5, 5.41) is 4.96. The highest BCUT2D eigenvalue weighted by atomic mass is 35.5. The number of nitrogens with zero attached hydrogens (tertiary/aromatic N) is 3. The molecule has 0 radical (unpaired) electrons. The van der Waals surface area contributed by atoms with Crippen molar-refractivity contribution in [1.82, 2.24) is 9.55 Å². The molecule has 0 atom stereocenters. The number of halogens is 2. The van der Waals surface area contributed by atoms with Crippen LogP contribution >= 0.6 is 23.2 Å². The summed E-state index contributed by atoms with van der Waals surface area (Å²) >= 11 is 12.8. The first kappa shape index (κ1) is 15.9. The van der Waals surface area contributed by atoms with Crippen LogP contribution in [0.1, 0.15) is 24.0 Å². The Morgan fingerprint density at radius 3 is 2.87 bits per heavy atom. The maximum atomic E-state index is 6.44. The second kappa shape index (κ2) is 7.08. The van der Waals surface area contributed by atoms with Crippen molar-refractivity contribution in [3.63, 3.8) is 0 Å². The highest BCUT2D eigenvalue weighted by Crippen LogP contribution is 2.31. The summed E-state index contributed by atoms with van der Waals surface area (Å²) in [7, 11) is 1.50. The number of oxime groups is 1. The Bertz CT molecular complexity index is 784. The molecule has 23 heavy (non-hydrogen) atoms. The van der Waals surface area contributed by atoms with E-state index in [1.165, 1.54) is 20.0 Å². The normalized spacial score (nSPS) is 14.3. The van der Waals surface area contributed by atoms with Crippen LogP contribution in [0.3, 0.4) is 0 Å². The maximum Gasteiger partial charge on any atom is 0.108 e. The van der Waals surface area contributed by atoms with Gasteiger partial charge in [-0.3, -0.25) is 0 Å². The van der Waals surface area contributed by atoms with E-state index in [0.717, 1.165) is 11.1 Å². The minimum atomic E-state index is 0.435. The molecule has 0 amide bonds. The molecule has 3 rings (SSSR count). The van der Waals surface area contributed by atoms with Gasteiger partial charge in [-0.1, -0.05) is 46.3 Å². The number of benzene rings is 1. The third kappa shape index (κ3) is 3.87. The Kier molecular flexibility index (Phi) is 4.90. The summed E-state index contributed by atoms with van der Waals surface area (Å²) < 4.78 is 1.88. The van der Waals surface area contributed by atoms with Gasteiger partial charge in [-0.2, -0.15) is 0 Å². The van der Waals surface area contributed by atoms with Gasteiger partial charge >= 0.3 is 0 Å². The van der Waals surface area contributed by atoms with Gasteiger partial charge in [0.15, 0.2) is 0 Å². The predicted octanol–water partition coefficient (Wildman–Crippen LogP) is 4.00. The molecule has 0 spiro atoms. The standard InChI is InChI=1S/C17H15Cl2N3O/c1-23-21-15(10-22-9-8-20-11-22)14-7-6-13(16(18)17(14)19)5-4-12-2-3-12/h6-9,11-12H,2-3,10H2,1H3/b21-15+. The van der Waals surface area contributed by atoms with E-state index in [4.69, 9.17) is 28.0 Å². The Balaban J connectivity index is 1.92. The first-order chi connectivity index (χ1) is 11.2. The van der Waals surface area contributed by atoms with Crippen LogP contribution in [0.25, 0.3) is 0 Å². The fraction of sp³-hybridized carbons (Fsp3) is 0.294. The SMILES string of the molecule is CO/N=C(\Cn1ccnc1)c1ccc(C#CC2CC2)c(Cl)c1Cl. The monoisotopic (exact) mass is 347 g/mol. The van der Waals surface area contributed by atoms with E-state index in [-0.39, 0.29) is 0 Å². The molecule has 1 aromatic heterocycles. The number of aromatic nitrogens is 2. The quantitative estimate of drug-likeness (QED) is 0.476. The summed E-state index contributed by atoms with van der Waals surface area (Å²) in [6.45, 7) is 0.483. The average molecular weight is 348 g/mol. The van der Waals surface area contributed by atoms with Crippen LogP contribution in [0.2, 0.25) is 10.0 Å². The topological polar surface area (TPSA) is 39.4 Å². The van der Waals surface area contributed by atoms with Gasteiger partial charge in [0, 0.05) is 29.4 Å². The molecular formula is C17H15Cl2N3O. The number of hydrogen-bond donors (Lipinski definition) is 0. The molecule has 0 bridgehead atoms. The fourth-order valence-electron chi connectivity index (χ4n) is 2.10. The van der Waals surface area contributed by atoms with Crippen LogP contribution < -0.4 is 0 Å². The molecule has 6 heteroatoms. The minimum Gasteiger partial charge on any atom is -0.399 e. The van der Waals surface area contributed by atoms with E-state index in [1.807, 2.05) is 22.9 Å².